The van der Waals surface area contributed by atoms with Crippen LogP contribution in [0.4, 0.5) is 11.4 Å². The molecule has 0 aliphatic heterocycles. The number of benzene rings is 2. The van der Waals surface area contributed by atoms with Crippen LogP contribution in [-0.2, 0) is 6.42 Å². The predicted molar refractivity (Wildman–Crippen MR) is 94.5 cm³/mol. The number of nitrogen functional groups attached to an aromatic ring is 2. The van der Waals surface area contributed by atoms with Crippen LogP contribution in [0.2, 0.25) is 0 Å². The minimum Gasteiger partial charge on any atom is -0.399 e. The van der Waals surface area contributed by atoms with Crippen molar-refractivity contribution >= 4 is 22.1 Å². The third-order valence-corrected chi connectivity index (χ3v) is 4.14. The highest BCUT2D eigenvalue weighted by Crippen LogP contribution is 2.26. The Labute approximate surface area is 128 Å². The topological polar surface area (TPSA) is 52.0 Å². The van der Waals surface area contributed by atoms with Crippen LogP contribution in [0.1, 0.15) is 57.4 Å². The average Bonchev–Trinajstić information content (AvgIpc) is 2.46. The molecule has 4 N–H and O–H groups in total. The molecule has 0 spiro atoms. The summed E-state index contributed by atoms with van der Waals surface area (Å²) in [5.41, 5.74) is 15.0. The van der Waals surface area contributed by atoms with Gasteiger partial charge in [-0.25, -0.2) is 0 Å². The fourth-order valence-corrected chi connectivity index (χ4v) is 2.91. The fourth-order valence-electron chi connectivity index (χ4n) is 2.91. The SMILES string of the molecule is CCCCCCCCCc1cc(N)c2ccc(N)cc2c1. The lowest BCUT2D eigenvalue weighted by Gasteiger charge is -2.08. The summed E-state index contributed by atoms with van der Waals surface area (Å²) in [6.07, 6.45) is 10.5. The van der Waals surface area contributed by atoms with Gasteiger partial charge in [0.1, 0.15) is 0 Å². The van der Waals surface area contributed by atoms with E-state index in [4.69, 9.17) is 11.5 Å². The Morgan fingerprint density at radius 2 is 1.52 bits per heavy atom. The number of hydrogen-bond donors (Lipinski definition) is 2. The van der Waals surface area contributed by atoms with Crippen molar-refractivity contribution in [3.63, 3.8) is 0 Å². The lowest BCUT2D eigenvalue weighted by atomic mass is 10.00. The Morgan fingerprint density at radius 1 is 0.810 bits per heavy atom. The molecule has 2 aromatic rings. The van der Waals surface area contributed by atoms with E-state index >= 15 is 0 Å². The van der Waals surface area contributed by atoms with Gasteiger partial charge in [-0.2, -0.15) is 0 Å². The van der Waals surface area contributed by atoms with Gasteiger partial charge in [0.15, 0.2) is 0 Å². The molecule has 0 aromatic heterocycles. The van der Waals surface area contributed by atoms with Crippen molar-refractivity contribution in [2.24, 2.45) is 0 Å². The van der Waals surface area contributed by atoms with Crippen LogP contribution >= 0.6 is 0 Å². The van der Waals surface area contributed by atoms with Crippen molar-refractivity contribution < 1.29 is 0 Å². The van der Waals surface area contributed by atoms with Crippen molar-refractivity contribution in [2.75, 3.05) is 11.5 Å². The van der Waals surface area contributed by atoms with Gasteiger partial charge in [-0.15, -0.1) is 0 Å². The van der Waals surface area contributed by atoms with Gasteiger partial charge in [-0.1, -0.05) is 57.6 Å². The van der Waals surface area contributed by atoms with Gasteiger partial charge in [0, 0.05) is 16.8 Å². The van der Waals surface area contributed by atoms with E-state index in [0.717, 1.165) is 28.6 Å². The second-order valence-corrected chi connectivity index (χ2v) is 6.04. The van der Waals surface area contributed by atoms with E-state index in [1.807, 2.05) is 18.2 Å². The smallest absolute Gasteiger partial charge is 0.0396 e. The molecule has 21 heavy (non-hydrogen) atoms. The zero-order valence-corrected chi connectivity index (χ0v) is 13.2. The molecule has 0 unspecified atom stereocenters. The van der Waals surface area contributed by atoms with Crippen molar-refractivity contribution in [3.8, 4) is 0 Å². The normalized spacial score (nSPS) is 11.1. The van der Waals surface area contributed by atoms with Crippen LogP contribution in [0.5, 0.6) is 0 Å². The van der Waals surface area contributed by atoms with Crippen LogP contribution < -0.4 is 11.5 Å². The van der Waals surface area contributed by atoms with E-state index in [9.17, 15) is 0 Å². The second-order valence-electron chi connectivity index (χ2n) is 6.04. The number of nitrogens with two attached hydrogens (primary N) is 2. The maximum absolute atomic E-state index is 6.15. The van der Waals surface area contributed by atoms with E-state index in [2.05, 4.69) is 19.1 Å². The highest BCUT2D eigenvalue weighted by atomic mass is 14.6. The van der Waals surface area contributed by atoms with E-state index < -0.39 is 0 Å². The Bertz CT molecular complexity index is 575. The van der Waals surface area contributed by atoms with E-state index in [0.29, 0.717) is 0 Å². The van der Waals surface area contributed by atoms with Crippen LogP contribution in [-0.4, -0.2) is 0 Å². The molecular weight excluding hydrogens is 256 g/mol. The molecule has 0 aliphatic rings. The average molecular weight is 284 g/mol. The minimum absolute atomic E-state index is 0.801. The molecule has 114 valence electrons. The maximum Gasteiger partial charge on any atom is 0.0396 e. The maximum atomic E-state index is 6.15. The van der Waals surface area contributed by atoms with Gasteiger partial charge in [0.2, 0.25) is 0 Å². The van der Waals surface area contributed by atoms with Crippen molar-refractivity contribution in [2.45, 2.75) is 58.3 Å². The van der Waals surface area contributed by atoms with Crippen molar-refractivity contribution in [1.82, 2.24) is 0 Å². The summed E-state index contributed by atoms with van der Waals surface area (Å²) in [4.78, 5) is 0. The minimum atomic E-state index is 0.801. The number of hydrogen-bond acceptors (Lipinski definition) is 2. The molecule has 0 saturated carbocycles. The predicted octanol–water partition coefficient (Wildman–Crippen LogP) is 5.30. The van der Waals surface area contributed by atoms with Crippen LogP contribution in [0, 0.1) is 0 Å². The summed E-state index contributed by atoms with van der Waals surface area (Å²) in [5.74, 6) is 0. The van der Waals surface area contributed by atoms with Crippen molar-refractivity contribution in [1.29, 1.82) is 0 Å². The first-order chi connectivity index (χ1) is 10.2. The fraction of sp³-hybridized carbons (Fsp3) is 0.474. The summed E-state index contributed by atoms with van der Waals surface area (Å²) in [6, 6.07) is 10.3. The van der Waals surface area contributed by atoms with Crippen molar-refractivity contribution in [3.05, 3.63) is 35.9 Å². The molecule has 0 aliphatic carbocycles. The molecule has 2 aromatic carbocycles. The molecule has 0 fully saturated rings. The summed E-state index contributed by atoms with van der Waals surface area (Å²) >= 11 is 0. The molecule has 2 rings (SSSR count). The van der Waals surface area contributed by atoms with Gasteiger partial charge in [-0.05, 0) is 42.0 Å². The molecule has 0 atom stereocenters. The zero-order valence-electron chi connectivity index (χ0n) is 13.2. The van der Waals surface area contributed by atoms with Gasteiger partial charge in [-0.3, -0.25) is 0 Å². The number of anilines is 2. The van der Waals surface area contributed by atoms with Gasteiger partial charge in [0.25, 0.3) is 0 Å². The Balaban J connectivity index is 1.87. The first-order valence-corrected chi connectivity index (χ1v) is 8.28. The lowest BCUT2D eigenvalue weighted by molar-refractivity contribution is 0.589. The number of rotatable bonds is 8. The molecule has 2 nitrogen and oxygen atoms in total. The van der Waals surface area contributed by atoms with Crippen LogP contribution in [0.3, 0.4) is 0 Å². The number of aryl methyl sites for hydroxylation is 1. The molecule has 0 bridgehead atoms. The Hall–Kier alpha value is -1.70. The second kappa shape index (κ2) is 7.92. The Kier molecular flexibility index (Phi) is 5.91. The third-order valence-electron chi connectivity index (χ3n) is 4.14. The van der Waals surface area contributed by atoms with Gasteiger partial charge < -0.3 is 11.5 Å². The molecule has 0 heterocycles. The first-order valence-electron chi connectivity index (χ1n) is 8.28. The first kappa shape index (κ1) is 15.7. The van der Waals surface area contributed by atoms with Crippen LogP contribution in [0.15, 0.2) is 30.3 Å². The Morgan fingerprint density at radius 3 is 2.29 bits per heavy atom. The summed E-state index contributed by atoms with van der Waals surface area (Å²) in [5, 5.41) is 2.26. The largest absolute Gasteiger partial charge is 0.399 e. The molecule has 0 amide bonds. The zero-order chi connectivity index (χ0) is 15.1. The standard InChI is InChI=1S/C19H28N2/c1-2-3-4-5-6-7-8-9-15-12-16-14-17(20)10-11-18(16)19(21)13-15/h10-14H,2-9,20-21H2,1H3. The summed E-state index contributed by atoms with van der Waals surface area (Å²) in [7, 11) is 0. The monoisotopic (exact) mass is 284 g/mol. The van der Waals surface area contributed by atoms with E-state index in [1.165, 1.54) is 50.5 Å². The number of fused-ring (bicyclic) bond motifs is 1. The molecule has 2 heteroatoms. The molecule has 0 radical (unpaired) electrons. The molecule has 0 saturated heterocycles. The highest BCUT2D eigenvalue weighted by molar-refractivity contribution is 5.95. The number of unbranched alkanes of at least 4 members (excludes halogenated alkanes) is 6. The summed E-state index contributed by atoms with van der Waals surface area (Å²) in [6.45, 7) is 2.26. The highest BCUT2D eigenvalue weighted by Gasteiger charge is 2.02. The van der Waals surface area contributed by atoms with E-state index in [1.54, 1.807) is 0 Å². The summed E-state index contributed by atoms with van der Waals surface area (Å²) < 4.78 is 0. The third kappa shape index (κ3) is 4.66. The quantitative estimate of drug-likeness (QED) is 0.510. The van der Waals surface area contributed by atoms with Gasteiger partial charge >= 0.3 is 0 Å². The van der Waals surface area contributed by atoms with E-state index in [-0.39, 0.29) is 0 Å². The van der Waals surface area contributed by atoms with Crippen LogP contribution in [0.25, 0.3) is 10.8 Å². The van der Waals surface area contributed by atoms with Gasteiger partial charge in [0.05, 0.1) is 0 Å². The molecular formula is C19H28N2. The lowest BCUT2D eigenvalue weighted by Crippen LogP contribution is -1.93.